The Hall–Kier alpha value is -2.05. The van der Waals surface area contributed by atoms with Crippen molar-refractivity contribution in [1.29, 1.82) is 0 Å². The molecule has 1 spiro atoms. The molecule has 2 atom stereocenters. The van der Waals surface area contributed by atoms with Crippen LogP contribution in [0.25, 0.3) is 0 Å². The molecule has 0 aliphatic carbocycles. The molecule has 0 N–H and O–H groups in total. The first-order valence-corrected chi connectivity index (χ1v) is 11.1. The highest BCUT2D eigenvalue weighted by Gasteiger charge is 2.56. The second-order valence-electron chi connectivity index (χ2n) is 9.55. The number of rotatable bonds is 4. The maximum Gasteiger partial charge on any atom is 0.222 e. The minimum atomic E-state index is -0.326. The zero-order valence-electron chi connectivity index (χ0n) is 17.5. The molecule has 7 heteroatoms. The van der Waals surface area contributed by atoms with E-state index in [-0.39, 0.29) is 28.9 Å². The summed E-state index contributed by atoms with van der Waals surface area (Å²) in [5, 5.41) is 4.89. The summed E-state index contributed by atoms with van der Waals surface area (Å²) in [4.78, 5) is 14.6. The Labute approximate surface area is 182 Å². The first-order chi connectivity index (χ1) is 14.4. The molecule has 1 aromatic carbocycles. The molecular weight excluding hydrogens is 402 g/mol. The van der Waals surface area contributed by atoms with Crippen LogP contribution in [0.2, 0.25) is 5.02 Å². The Kier molecular flexibility index (Phi) is 4.82. The van der Waals surface area contributed by atoms with Crippen molar-refractivity contribution < 1.29 is 14.3 Å². The minimum absolute atomic E-state index is 0.00750. The lowest BCUT2D eigenvalue weighted by Crippen LogP contribution is -2.65. The lowest BCUT2D eigenvalue weighted by Gasteiger charge is -2.58. The maximum absolute atomic E-state index is 12.6. The number of carbonyl (C=O) groups excluding carboxylic acids is 1. The fourth-order valence-corrected chi connectivity index (χ4v) is 5.45. The molecule has 0 bridgehead atoms. The fourth-order valence-electron chi connectivity index (χ4n) is 5.27. The Bertz CT molecular complexity index is 937. The SMILES string of the molecule is CC1(C)Oc2ccc(Cl)cc2[C@H]2OCC3(C[C@@H]21)CN(C(=O)CCCn1cccn1)C3. The number of fused-ring (bicyclic) bond motifs is 3. The van der Waals surface area contributed by atoms with E-state index < -0.39 is 0 Å². The molecule has 0 radical (unpaired) electrons. The Morgan fingerprint density at radius 2 is 2.17 bits per heavy atom. The molecule has 3 aliphatic heterocycles. The third kappa shape index (κ3) is 3.50. The van der Waals surface area contributed by atoms with Gasteiger partial charge in [0.15, 0.2) is 0 Å². The van der Waals surface area contributed by atoms with Crippen LogP contribution in [-0.2, 0) is 16.1 Å². The normalized spacial score (nSPS) is 25.8. The molecule has 30 heavy (non-hydrogen) atoms. The zero-order chi connectivity index (χ0) is 20.9. The molecular formula is C23H28ClN3O3. The molecule has 4 heterocycles. The van der Waals surface area contributed by atoms with E-state index >= 15 is 0 Å². The molecule has 3 aliphatic rings. The maximum atomic E-state index is 12.6. The highest BCUT2D eigenvalue weighted by atomic mass is 35.5. The molecule has 2 fully saturated rings. The van der Waals surface area contributed by atoms with Crippen molar-refractivity contribution in [3.8, 4) is 5.75 Å². The largest absolute Gasteiger partial charge is 0.487 e. The molecule has 0 saturated carbocycles. The predicted molar refractivity (Wildman–Crippen MR) is 113 cm³/mol. The summed E-state index contributed by atoms with van der Waals surface area (Å²) in [5.74, 6) is 1.32. The number of halogens is 1. The number of aryl methyl sites for hydroxylation is 1. The Morgan fingerprint density at radius 3 is 2.93 bits per heavy atom. The van der Waals surface area contributed by atoms with Crippen LogP contribution in [-0.4, -0.2) is 45.9 Å². The second kappa shape index (κ2) is 7.27. The topological polar surface area (TPSA) is 56.6 Å². The van der Waals surface area contributed by atoms with Crippen LogP contribution < -0.4 is 4.74 Å². The van der Waals surface area contributed by atoms with Crippen LogP contribution in [0.4, 0.5) is 0 Å². The lowest BCUT2D eigenvalue weighted by atomic mass is 9.64. The van der Waals surface area contributed by atoms with Gasteiger partial charge < -0.3 is 14.4 Å². The van der Waals surface area contributed by atoms with Crippen molar-refractivity contribution in [2.75, 3.05) is 19.7 Å². The molecule has 1 amide bonds. The molecule has 2 aromatic rings. The van der Waals surface area contributed by atoms with Crippen molar-refractivity contribution >= 4 is 17.5 Å². The van der Waals surface area contributed by atoms with E-state index in [2.05, 4.69) is 18.9 Å². The van der Waals surface area contributed by atoms with Crippen LogP contribution in [0, 0.1) is 11.3 Å². The Balaban J connectivity index is 1.21. The van der Waals surface area contributed by atoms with E-state index in [1.165, 1.54) is 0 Å². The lowest BCUT2D eigenvalue weighted by molar-refractivity contribution is -0.201. The molecule has 0 unspecified atom stereocenters. The van der Waals surface area contributed by atoms with E-state index in [0.29, 0.717) is 18.1 Å². The summed E-state index contributed by atoms with van der Waals surface area (Å²) in [6, 6.07) is 7.68. The first-order valence-electron chi connectivity index (χ1n) is 10.7. The van der Waals surface area contributed by atoms with Crippen LogP contribution in [0.5, 0.6) is 5.75 Å². The van der Waals surface area contributed by atoms with Gasteiger partial charge in [0, 0.05) is 60.4 Å². The van der Waals surface area contributed by atoms with Gasteiger partial charge in [-0.2, -0.15) is 5.10 Å². The molecule has 160 valence electrons. The third-order valence-corrected chi connectivity index (χ3v) is 7.11. The molecule has 1 aromatic heterocycles. The number of carbonyl (C=O) groups is 1. The van der Waals surface area contributed by atoms with E-state index in [4.69, 9.17) is 21.1 Å². The summed E-state index contributed by atoms with van der Waals surface area (Å²) in [6.07, 6.45) is 6.05. The van der Waals surface area contributed by atoms with Crippen molar-refractivity contribution in [1.82, 2.24) is 14.7 Å². The van der Waals surface area contributed by atoms with Gasteiger partial charge in [0.2, 0.25) is 5.91 Å². The van der Waals surface area contributed by atoms with Gasteiger partial charge in [0.25, 0.3) is 0 Å². The monoisotopic (exact) mass is 429 g/mol. The van der Waals surface area contributed by atoms with Crippen molar-refractivity contribution in [3.05, 3.63) is 47.2 Å². The smallest absolute Gasteiger partial charge is 0.222 e. The summed E-state index contributed by atoms with van der Waals surface area (Å²) < 4.78 is 14.6. The van der Waals surface area contributed by atoms with Crippen molar-refractivity contribution in [2.24, 2.45) is 11.3 Å². The number of ether oxygens (including phenoxy) is 2. The number of likely N-dealkylation sites (tertiary alicyclic amines) is 1. The number of hydrogen-bond acceptors (Lipinski definition) is 4. The van der Waals surface area contributed by atoms with Gasteiger partial charge in [0.05, 0.1) is 12.7 Å². The number of aromatic nitrogens is 2. The highest BCUT2D eigenvalue weighted by Crippen LogP contribution is 2.55. The van der Waals surface area contributed by atoms with Crippen molar-refractivity contribution in [2.45, 2.75) is 51.4 Å². The van der Waals surface area contributed by atoms with E-state index in [1.807, 2.05) is 40.0 Å². The average Bonchev–Trinajstić information content (AvgIpc) is 3.20. The van der Waals surface area contributed by atoms with Gasteiger partial charge in [-0.1, -0.05) is 11.6 Å². The van der Waals surface area contributed by atoms with Crippen LogP contribution >= 0.6 is 11.6 Å². The summed E-state index contributed by atoms with van der Waals surface area (Å²) in [5.41, 5.74) is 0.760. The van der Waals surface area contributed by atoms with E-state index in [1.54, 1.807) is 6.20 Å². The summed E-state index contributed by atoms with van der Waals surface area (Å²) >= 11 is 6.24. The van der Waals surface area contributed by atoms with Crippen LogP contribution in [0.1, 0.15) is 44.8 Å². The van der Waals surface area contributed by atoms with Crippen molar-refractivity contribution in [3.63, 3.8) is 0 Å². The number of benzene rings is 1. The van der Waals surface area contributed by atoms with Crippen LogP contribution in [0.15, 0.2) is 36.7 Å². The summed E-state index contributed by atoms with van der Waals surface area (Å²) in [6.45, 7) is 7.28. The van der Waals surface area contributed by atoms with Gasteiger partial charge in [-0.15, -0.1) is 0 Å². The quantitative estimate of drug-likeness (QED) is 0.734. The predicted octanol–water partition coefficient (Wildman–Crippen LogP) is 4.09. The van der Waals surface area contributed by atoms with Gasteiger partial charge in [-0.05, 0) is 51.0 Å². The van der Waals surface area contributed by atoms with Gasteiger partial charge in [0.1, 0.15) is 11.4 Å². The number of nitrogens with zero attached hydrogens (tertiary/aromatic N) is 3. The molecule has 6 nitrogen and oxygen atoms in total. The fraction of sp³-hybridized carbons (Fsp3) is 0.565. The first kappa shape index (κ1) is 19.9. The van der Waals surface area contributed by atoms with Crippen LogP contribution in [0.3, 0.4) is 0 Å². The average molecular weight is 430 g/mol. The van der Waals surface area contributed by atoms with E-state index in [0.717, 1.165) is 43.8 Å². The standard InChI is InChI=1S/C23H28ClN3O3/c1-22(2)18-12-23(15-29-21(18)17-11-16(24)6-7-19(17)30-22)13-26(14-23)20(28)5-3-9-27-10-4-8-25-27/h4,6-8,10-11,18,21H,3,5,9,12-15H2,1-2H3/t18-,21+/m0/s1. The van der Waals surface area contributed by atoms with E-state index in [9.17, 15) is 4.79 Å². The van der Waals surface area contributed by atoms with Gasteiger partial charge in [-0.25, -0.2) is 0 Å². The second-order valence-corrected chi connectivity index (χ2v) is 9.99. The molecule has 2 saturated heterocycles. The third-order valence-electron chi connectivity index (χ3n) is 6.87. The molecule has 5 rings (SSSR count). The van der Waals surface area contributed by atoms with Gasteiger partial charge in [-0.3, -0.25) is 9.48 Å². The number of hydrogen-bond donors (Lipinski definition) is 0. The minimum Gasteiger partial charge on any atom is -0.487 e. The number of amides is 1. The highest BCUT2D eigenvalue weighted by molar-refractivity contribution is 6.30. The van der Waals surface area contributed by atoms with Gasteiger partial charge >= 0.3 is 0 Å². The Morgan fingerprint density at radius 1 is 1.33 bits per heavy atom. The summed E-state index contributed by atoms with van der Waals surface area (Å²) in [7, 11) is 0. The zero-order valence-corrected chi connectivity index (χ0v) is 18.3.